The Balaban J connectivity index is 2.26. The first-order chi connectivity index (χ1) is 8.29. The van der Waals surface area contributed by atoms with Gasteiger partial charge in [-0.15, -0.1) is 0 Å². The molecule has 84 valence electrons. The van der Waals surface area contributed by atoms with Crippen molar-refractivity contribution in [1.82, 2.24) is 14.6 Å². The van der Waals surface area contributed by atoms with E-state index in [1.54, 1.807) is 10.7 Å². The number of hydrogen-bond donors (Lipinski definition) is 0. The van der Waals surface area contributed by atoms with E-state index < -0.39 is 0 Å². The average molecular weight is 264 g/mol. The summed E-state index contributed by atoms with van der Waals surface area (Å²) in [5, 5.41) is 4.58. The number of nitrogens with zero attached hydrogens (tertiary/aromatic N) is 3. The van der Waals surface area contributed by atoms with Gasteiger partial charge in [0.05, 0.1) is 11.7 Å². The molecule has 0 radical (unpaired) electrons. The molecule has 0 spiro atoms. The van der Waals surface area contributed by atoms with Crippen LogP contribution in [-0.4, -0.2) is 20.9 Å². The van der Waals surface area contributed by atoms with Gasteiger partial charge in [-0.25, -0.2) is 9.50 Å². The van der Waals surface area contributed by atoms with E-state index in [1.165, 1.54) is 11.3 Å². The highest BCUT2D eigenvalue weighted by Crippen LogP contribution is 2.34. The van der Waals surface area contributed by atoms with Gasteiger partial charge in [-0.05, 0) is 12.1 Å². The molecule has 17 heavy (non-hydrogen) atoms. The molecule has 0 bridgehead atoms. The van der Waals surface area contributed by atoms with Crippen molar-refractivity contribution in [3.05, 3.63) is 39.9 Å². The van der Waals surface area contributed by atoms with Crippen molar-refractivity contribution in [3.63, 3.8) is 0 Å². The smallest absolute Gasteiger partial charge is 0.178 e. The van der Waals surface area contributed by atoms with Gasteiger partial charge in [0.2, 0.25) is 0 Å². The molecule has 0 saturated heterocycles. The van der Waals surface area contributed by atoms with Crippen LogP contribution in [0.4, 0.5) is 0 Å². The molecule has 0 unspecified atom stereocenters. The molecule has 0 fully saturated rings. The lowest BCUT2D eigenvalue weighted by molar-refractivity contribution is 0.112. The van der Waals surface area contributed by atoms with Gasteiger partial charge in [0.25, 0.3) is 0 Å². The minimum atomic E-state index is 0.375. The van der Waals surface area contributed by atoms with Crippen LogP contribution < -0.4 is 0 Å². The van der Waals surface area contributed by atoms with E-state index >= 15 is 0 Å². The first-order valence-corrected chi connectivity index (χ1v) is 6.03. The number of pyridine rings is 1. The predicted molar refractivity (Wildman–Crippen MR) is 66.7 cm³/mol. The van der Waals surface area contributed by atoms with Crippen LogP contribution >= 0.6 is 22.9 Å². The van der Waals surface area contributed by atoms with Crippen LogP contribution in [0.2, 0.25) is 4.34 Å². The predicted octanol–water partition coefficient (Wildman–Crippen LogP) is 2.92. The van der Waals surface area contributed by atoms with Crippen LogP contribution in [0.25, 0.3) is 16.8 Å². The maximum atomic E-state index is 10.7. The molecule has 3 heterocycles. The molecule has 0 N–H and O–H groups in total. The zero-order valence-electron chi connectivity index (χ0n) is 8.50. The molecular formula is C11H6ClN3OS. The van der Waals surface area contributed by atoms with Gasteiger partial charge in [0, 0.05) is 11.8 Å². The summed E-state index contributed by atoms with van der Waals surface area (Å²) in [6.07, 6.45) is 4.25. The minimum Gasteiger partial charge on any atom is -0.295 e. The molecular weight excluding hydrogens is 258 g/mol. The van der Waals surface area contributed by atoms with Gasteiger partial charge in [-0.3, -0.25) is 4.79 Å². The van der Waals surface area contributed by atoms with Gasteiger partial charge in [-0.1, -0.05) is 29.0 Å². The van der Waals surface area contributed by atoms with Crippen molar-refractivity contribution in [2.75, 3.05) is 0 Å². The Kier molecular flexibility index (Phi) is 2.42. The molecule has 0 saturated carbocycles. The summed E-state index contributed by atoms with van der Waals surface area (Å²) in [4.78, 5) is 14.9. The summed E-state index contributed by atoms with van der Waals surface area (Å²) in [5.41, 5.74) is 2.36. The summed E-state index contributed by atoms with van der Waals surface area (Å²) in [6.45, 7) is 0. The van der Waals surface area contributed by atoms with E-state index in [0.29, 0.717) is 21.3 Å². The fraction of sp³-hybridized carbons (Fsp3) is 0. The Bertz CT molecular complexity index is 704. The zero-order chi connectivity index (χ0) is 11.8. The Morgan fingerprint density at radius 3 is 3.06 bits per heavy atom. The Labute approximate surface area is 105 Å². The molecule has 6 heteroatoms. The van der Waals surface area contributed by atoms with Gasteiger partial charge in [0.15, 0.2) is 11.3 Å². The van der Waals surface area contributed by atoms with Crippen LogP contribution in [0.15, 0.2) is 30.6 Å². The van der Waals surface area contributed by atoms with E-state index in [2.05, 4.69) is 10.1 Å². The molecule has 3 rings (SSSR count). The van der Waals surface area contributed by atoms with Crippen molar-refractivity contribution in [2.45, 2.75) is 0 Å². The van der Waals surface area contributed by atoms with E-state index in [9.17, 15) is 4.79 Å². The third-order valence-corrected chi connectivity index (χ3v) is 3.56. The standard InChI is InChI=1S/C11H6ClN3OS/c12-11-10(14-9(6-16)17-11)7-5-13-15-4-2-1-3-8(7)15/h1-6H. The Hall–Kier alpha value is -1.72. The third kappa shape index (κ3) is 1.64. The van der Waals surface area contributed by atoms with Gasteiger partial charge >= 0.3 is 0 Å². The Morgan fingerprint density at radius 2 is 2.29 bits per heavy atom. The second-order valence-electron chi connectivity index (χ2n) is 3.38. The molecule has 0 aliphatic carbocycles. The van der Waals surface area contributed by atoms with E-state index in [1.807, 2.05) is 24.4 Å². The fourth-order valence-corrected chi connectivity index (χ4v) is 2.65. The largest absolute Gasteiger partial charge is 0.295 e. The van der Waals surface area contributed by atoms with Crippen molar-refractivity contribution >= 4 is 34.7 Å². The topological polar surface area (TPSA) is 47.3 Å². The van der Waals surface area contributed by atoms with E-state index in [0.717, 1.165) is 11.1 Å². The lowest BCUT2D eigenvalue weighted by atomic mass is 10.2. The maximum absolute atomic E-state index is 10.7. The molecule has 0 atom stereocenters. The quantitative estimate of drug-likeness (QED) is 0.668. The van der Waals surface area contributed by atoms with Crippen molar-refractivity contribution in [3.8, 4) is 11.3 Å². The Morgan fingerprint density at radius 1 is 1.41 bits per heavy atom. The second kappa shape index (κ2) is 3.94. The number of carbonyl (C=O) groups excluding carboxylic acids is 1. The summed E-state index contributed by atoms with van der Waals surface area (Å²) in [7, 11) is 0. The normalized spacial score (nSPS) is 10.9. The molecule has 3 aromatic heterocycles. The van der Waals surface area contributed by atoms with Crippen molar-refractivity contribution in [2.24, 2.45) is 0 Å². The number of halogens is 1. The summed E-state index contributed by atoms with van der Waals surface area (Å²) < 4.78 is 2.25. The highest BCUT2D eigenvalue weighted by Gasteiger charge is 2.14. The van der Waals surface area contributed by atoms with Crippen molar-refractivity contribution in [1.29, 1.82) is 0 Å². The number of fused-ring (bicyclic) bond motifs is 1. The summed E-state index contributed by atoms with van der Waals surface area (Å²) in [6, 6.07) is 5.74. The van der Waals surface area contributed by atoms with Crippen LogP contribution in [0.5, 0.6) is 0 Å². The van der Waals surface area contributed by atoms with Gasteiger partial charge < -0.3 is 0 Å². The summed E-state index contributed by atoms with van der Waals surface area (Å²) in [5.74, 6) is 0. The van der Waals surface area contributed by atoms with Crippen LogP contribution in [0.3, 0.4) is 0 Å². The number of aldehydes is 1. The monoisotopic (exact) mass is 263 g/mol. The first-order valence-electron chi connectivity index (χ1n) is 4.84. The number of carbonyl (C=O) groups is 1. The highest BCUT2D eigenvalue weighted by molar-refractivity contribution is 7.17. The fourth-order valence-electron chi connectivity index (χ4n) is 1.65. The zero-order valence-corrected chi connectivity index (χ0v) is 10.1. The first kappa shape index (κ1) is 10.4. The molecule has 4 nitrogen and oxygen atoms in total. The van der Waals surface area contributed by atoms with Crippen LogP contribution in [0, 0.1) is 0 Å². The van der Waals surface area contributed by atoms with Crippen molar-refractivity contribution < 1.29 is 4.79 Å². The molecule has 0 aromatic carbocycles. The molecule has 3 aromatic rings. The summed E-state index contributed by atoms with van der Waals surface area (Å²) >= 11 is 7.25. The lowest BCUT2D eigenvalue weighted by Crippen LogP contribution is -1.84. The molecule has 0 aliphatic heterocycles. The van der Waals surface area contributed by atoms with Crippen LogP contribution in [-0.2, 0) is 0 Å². The van der Waals surface area contributed by atoms with E-state index in [-0.39, 0.29) is 0 Å². The lowest BCUT2D eigenvalue weighted by Gasteiger charge is -1.95. The number of aromatic nitrogens is 3. The van der Waals surface area contributed by atoms with Crippen LogP contribution in [0.1, 0.15) is 9.80 Å². The number of rotatable bonds is 2. The SMILES string of the molecule is O=Cc1nc(-c2cnn3ccccc23)c(Cl)s1. The van der Waals surface area contributed by atoms with Gasteiger partial charge in [0.1, 0.15) is 10.0 Å². The second-order valence-corrected chi connectivity index (χ2v) is 5.01. The van der Waals surface area contributed by atoms with E-state index in [4.69, 9.17) is 11.6 Å². The minimum absolute atomic E-state index is 0.375. The highest BCUT2D eigenvalue weighted by atomic mass is 35.5. The molecule has 0 amide bonds. The third-order valence-electron chi connectivity index (χ3n) is 2.38. The average Bonchev–Trinajstić information content (AvgIpc) is 2.92. The van der Waals surface area contributed by atoms with Gasteiger partial charge in [-0.2, -0.15) is 5.10 Å². The number of hydrogen-bond acceptors (Lipinski definition) is 4. The molecule has 0 aliphatic rings. The number of thiazole rings is 1. The maximum Gasteiger partial charge on any atom is 0.178 e.